The van der Waals surface area contributed by atoms with Gasteiger partial charge in [0.1, 0.15) is 0 Å². The molecule has 31 heavy (non-hydrogen) atoms. The van der Waals surface area contributed by atoms with Gasteiger partial charge < -0.3 is 9.47 Å². The Hall–Kier alpha value is -3.09. The first kappa shape index (κ1) is 24.2. The van der Waals surface area contributed by atoms with Gasteiger partial charge in [-0.3, -0.25) is 10.5 Å². The number of nitrogens with zero attached hydrogens (tertiary/aromatic N) is 1. The SMILES string of the molecule is CCOC(=N)c1ccc2[nH]nc(-c3ccc4cc(C(=O)OCC)ccc4c3)c2c1.Cl.Cl. The van der Waals surface area contributed by atoms with Crippen LogP contribution in [-0.4, -0.2) is 35.3 Å². The molecule has 1 aromatic heterocycles. The molecule has 0 spiro atoms. The first-order chi connectivity index (χ1) is 14.1. The molecule has 0 aliphatic heterocycles. The smallest absolute Gasteiger partial charge is 0.338 e. The van der Waals surface area contributed by atoms with Crippen molar-refractivity contribution in [3.8, 4) is 11.3 Å². The molecule has 0 unspecified atom stereocenters. The molecule has 0 radical (unpaired) electrons. The van der Waals surface area contributed by atoms with E-state index in [1.807, 2.05) is 55.5 Å². The number of halogens is 2. The number of benzene rings is 3. The summed E-state index contributed by atoms with van der Waals surface area (Å²) in [7, 11) is 0. The molecular weight excluding hydrogens is 437 g/mol. The largest absolute Gasteiger partial charge is 0.478 e. The monoisotopic (exact) mass is 459 g/mol. The predicted octanol–water partition coefficient (Wildman–Crippen LogP) is 5.77. The maximum Gasteiger partial charge on any atom is 0.338 e. The van der Waals surface area contributed by atoms with Gasteiger partial charge in [0.2, 0.25) is 5.90 Å². The van der Waals surface area contributed by atoms with Crippen LogP contribution in [0, 0.1) is 5.41 Å². The number of aromatic amines is 1. The lowest BCUT2D eigenvalue weighted by atomic mass is 10.0. The number of nitrogens with one attached hydrogen (secondary N) is 2. The highest BCUT2D eigenvalue weighted by Gasteiger charge is 2.13. The van der Waals surface area contributed by atoms with Crippen molar-refractivity contribution in [3.63, 3.8) is 0 Å². The Bertz CT molecular complexity index is 1240. The molecule has 0 saturated heterocycles. The van der Waals surface area contributed by atoms with Crippen LogP contribution in [0.3, 0.4) is 0 Å². The number of rotatable bonds is 5. The normalized spacial score (nSPS) is 10.3. The Morgan fingerprint density at radius 1 is 0.903 bits per heavy atom. The lowest BCUT2D eigenvalue weighted by Gasteiger charge is -2.07. The third-order valence-corrected chi connectivity index (χ3v) is 4.74. The molecule has 8 heteroatoms. The number of H-pyrrole nitrogens is 1. The first-order valence-corrected chi connectivity index (χ1v) is 9.52. The summed E-state index contributed by atoms with van der Waals surface area (Å²) in [4.78, 5) is 12.0. The van der Waals surface area contributed by atoms with Crippen LogP contribution in [0.15, 0.2) is 54.6 Å². The number of carbonyl (C=O) groups excluding carboxylic acids is 1. The molecule has 4 rings (SSSR count). The predicted molar refractivity (Wildman–Crippen MR) is 128 cm³/mol. The van der Waals surface area contributed by atoms with Crippen LogP contribution in [-0.2, 0) is 9.47 Å². The van der Waals surface area contributed by atoms with E-state index in [1.54, 1.807) is 13.0 Å². The minimum Gasteiger partial charge on any atom is -0.478 e. The van der Waals surface area contributed by atoms with E-state index >= 15 is 0 Å². The van der Waals surface area contributed by atoms with E-state index in [4.69, 9.17) is 14.9 Å². The van der Waals surface area contributed by atoms with Crippen LogP contribution < -0.4 is 0 Å². The molecule has 3 aromatic carbocycles. The minimum atomic E-state index is -0.318. The lowest BCUT2D eigenvalue weighted by Crippen LogP contribution is -2.04. The summed E-state index contributed by atoms with van der Waals surface area (Å²) >= 11 is 0. The Balaban J connectivity index is 0.00000171. The zero-order valence-corrected chi connectivity index (χ0v) is 18.7. The summed E-state index contributed by atoms with van der Waals surface area (Å²) < 4.78 is 10.4. The van der Waals surface area contributed by atoms with E-state index in [9.17, 15) is 4.79 Å². The number of hydrogen-bond acceptors (Lipinski definition) is 5. The average Bonchev–Trinajstić information content (AvgIpc) is 3.16. The second kappa shape index (κ2) is 10.3. The van der Waals surface area contributed by atoms with Gasteiger partial charge in [0, 0.05) is 16.5 Å². The van der Waals surface area contributed by atoms with Gasteiger partial charge in [0.25, 0.3) is 0 Å². The molecule has 0 aliphatic rings. The average molecular weight is 460 g/mol. The summed E-state index contributed by atoms with van der Waals surface area (Å²) in [5, 5.41) is 18.4. The van der Waals surface area contributed by atoms with Crippen LogP contribution >= 0.6 is 24.8 Å². The lowest BCUT2D eigenvalue weighted by molar-refractivity contribution is 0.0526. The molecule has 1 heterocycles. The molecule has 0 bridgehead atoms. The van der Waals surface area contributed by atoms with E-state index < -0.39 is 0 Å². The third-order valence-electron chi connectivity index (χ3n) is 4.74. The summed E-state index contributed by atoms with van der Waals surface area (Å²) in [6, 6.07) is 17.2. The third kappa shape index (κ3) is 4.81. The van der Waals surface area contributed by atoms with Crippen LogP contribution in [0.4, 0.5) is 0 Å². The van der Waals surface area contributed by atoms with E-state index in [0.717, 1.165) is 32.9 Å². The fourth-order valence-corrected chi connectivity index (χ4v) is 3.34. The molecule has 0 amide bonds. The second-order valence-electron chi connectivity index (χ2n) is 6.59. The van der Waals surface area contributed by atoms with Crippen LogP contribution in [0.1, 0.15) is 29.8 Å². The molecule has 0 fully saturated rings. The van der Waals surface area contributed by atoms with Gasteiger partial charge in [-0.2, -0.15) is 5.10 Å². The first-order valence-electron chi connectivity index (χ1n) is 9.52. The fourth-order valence-electron chi connectivity index (χ4n) is 3.34. The zero-order chi connectivity index (χ0) is 20.4. The minimum absolute atomic E-state index is 0. The van der Waals surface area contributed by atoms with E-state index in [0.29, 0.717) is 24.3 Å². The Labute approximate surface area is 192 Å². The van der Waals surface area contributed by atoms with Crippen LogP contribution in [0.2, 0.25) is 0 Å². The number of esters is 1. The van der Waals surface area contributed by atoms with Gasteiger partial charge in [-0.1, -0.05) is 18.2 Å². The van der Waals surface area contributed by atoms with Crippen molar-refractivity contribution in [2.75, 3.05) is 13.2 Å². The Morgan fingerprint density at radius 3 is 2.32 bits per heavy atom. The zero-order valence-electron chi connectivity index (χ0n) is 17.1. The number of aromatic nitrogens is 2. The highest BCUT2D eigenvalue weighted by molar-refractivity contribution is 6.02. The highest BCUT2D eigenvalue weighted by Crippen LogP contribution is 2.30. The summed E-state index contributed by atoms with van der Waals surface area (Å²) in [5.41, 5.74) is 3.90. The molecule has 0 aliphatic carbocycles. The van der Waals surface area contributed by atoms with Crippen molar-refractivity contribution in [1.82, 2.24) is 10.2 Å². The van der Waals surface area contributed by atoms with Crippen molar-refractivity contribution < 1.29 is 14.3 Å². The van der Waals surface area contributed by atoms with Gasteiger partial charge in [-0.25, -0.2) is 4.79 Å². The fraction of sp³-hybridized carbons (Fsp3) is 0.174. The topological polar surface area (TPSA) is 88.1 Å². The van der Waals surface area contributed by atoms with E-state index in [-0.39, 0.29) is 36.7 Å². The summed E-state index contributed by atoms with van der Waals surface area (Å²) in [5.74, 6) is -0.174. The summed E-state index contributed by atoms with van der Waals surface area (Å²) in [6.45, 7) is 4.46. The second-order valence-corrected chi connectivity index (χ2v) is 6.59. The van der Waals surface area contributed by atoms with Gasteiger partial charge in [-0.15, -0.1) is 24.8 Å². The number of hydrogen-bond donors (Lipinski definition) is 2. The maximum atomic E-state index is 12.0. The van der Waals surface area contributed by atoms with Gasteiger partial charge in [0.15, 0.2) is 0 Å². The molecular formula is C23H23Cl2N3O3. The number of fused-ring (bicyclic) bond motifs is 2. The van der Waals surface area contributed by atoms with Crippen molar-refractivity contribution >= 4 is 58.4 Å². The van der Waals surface area contributed by atoms with Gasteiger partial charge in [0.05, 0.1) is 30.0 Å². The molecule has 162 valence electrons. The standard InChI is InChI=1S/C23H21N3O3.2ClH/c1-3-28-22(24)17-9-10-20-19(13-17)21(26-25-20)16-7-5-15-12-18(23(27)29-4-2)8-6-14(15)11-16;;/h5-13,24H,3-4H2,1-2H3,(H,25,26);2*1H. The Morgan fingerprint density at radius 2 is 1.58 bits per heavy atom. The van der Waals surface area contributed by atoms with Crippen molar-refractivity contribution in [2.45, 2.75) is 13.8 Å². The van der Waals surface area contributed by atoms with E-state index in [2.05, 4.69) is 10.2 Å². The van der Waals surface area contributed by atoms with Gasteiger partial charge >= 0.3 is 5.97 Å². The molecule has 0 atom stereocenters. The highest BCUT2D eigenvalue weighted by atomic mass is 35.5. The maximum absolute atomic E-state index is 12.0. The van der Waals surface area contributed by atoms with Gasteiger partial charge in [-0.05, 0) is 61.0 Å². The van der Waals surface area contributed by atoms with Crippen molar-refractivity contribution in [1.29, 1.82) is 5.41 Å². The number of ether oxygens (including phenoxy) is 2. The molecule has 4 aromatic rings. The molecule has 6 nitrogen and oxygen atoms in total. The van der Waals surface area contributed by atoms with Crippen molar-refractivity contribution in [2.24, 2.45) is 0 Å². The Kier molecular flexibility index (Phi) is 8.02. The van der Waals surface area contributed by atoms with Crippen LogP contribution in [0.25, 0.3) is 32.9 Å². The quantitative estimate of drug-likeness (QED) is 0.225. The van der Waals surface area contributed by atoms with E-state index in [1.165, 1.54) is 0 Å². The molecule has 0 saturated carbocycles. The van der Waals surface area contributed by atoms with Crippen LogP contribution in [0.5, 0.6) is 0 Å². The number of carbonyl (C=O) groups is 1. The van der Waals surface area contributed by atoms with Crippen molar-refractivity contribution in [3.05, 3.63) is 65.7 Å². The summed E-state index contributed by atoms with van der Waals surface area (Å²) in [6.07, 6.45) is 0. The molecule has 2 N–H and O–H groups in total.